The molecule has 5 nitrogen and oxygen atoms in total. The number of carbonyl (C=O) groups excluding carboxylic acids is 1. The van der Waals surface area contributed by atoms with Gasteiger partial charge < -0.3 is 5.32 Å². The summed E-state index contributed by atoms with van der Waals surface area (Å²) in [5, 5.41) is 9.70. The zero-order chi connectivity index (χ0) is 15.0. The molecule has 1 aromatic carbocycles. The average Bonchev–Trinajstić information content (AvgIpc) is 2.98. The van der Waals surface area contributed by atoms with Crippen LogP contribution in [0.1, 0.15) is 9.67 Å². The second kappa shape index (κ2) is 5.23. The quantitative estimate of drug-likeness (QED) is 0.769. The van der Waals surface area contributed by atoms with Gasteiger partial charge in [0.1, 0.15) is 4.90 Å². The third-order valence-corrected chi connectivity index (χ3v) is 5.87. The fourth-order valence-corrected chi connectivity index (χ4v) is 4.58. The molecule has 0 aliphatic rings. The van der Waals surface area contributed by atoms with E-state index in [4.69, 9.17) is 5.14 Å². The first-order chi connectivity index (χ1) is 9.95. The Kier molecular flexibility index (Phi) is 3.54. The lowest BCUT2D eigenvalue weighted by atomic mass is 10.3. The molecule has 1 amide bonds. The van der Waals surface area contributed by atoms with E-state index in [0.29, 0.717) is 4.88 Å². The number of amides is 1. The van der Waals surface area contributed by atoms with E-state index in [1.807, 2.05) is 11.4 Å². The fraction of sp³-hybridized carbons (Fsp3) is 0. The smallest absolute Gasteiger partial charge is 0.265 e. The molecule has 0 saturated heterocycles. The van der Waals surface area contributed by atoms with Crippen LogP contribution in [0.2, 0.25) is 0 Å². The van der Waals surface area contributed by atoms with Gasteiger partial charge in [0, 0.05) is 9.40 Å². The van der Waals surface area contributed by atoms with Crippen molar-refractivity contribution >= 4 is 53.7 Å². The molecule has 3 aromatic rings. The number of anilines is 1. The number of rotatable bonds is 3. The molecule has 0 atom stereocenters. The van der Waals surface area contributed by atoms with Crippen molar-refractivity contribution in [3.8, 4) is 0 Å². The van der Waals surface area contributed by atoms with Crippen molar-refractivity contribution in [2.24, 2.45) is 5.14 Å². The Balaban J connectivity index is 1.93. The van der Waals surface area contributed by atoms with Crippen molar-refractivity contribution in [1.82, 2.24) is 0 Å². The maximum atomic E-state index is 12.2. The van der Waals surface area contributed by atoms with Crippen LogP contribution in [0.4, 0.5) is 5.69 Å². The van der Waals surface area contributed by atoms with Crippen molar-refractivity contribution in [2.45, 2.75) is 4.90 Å². The van der Waals surface area contributed by atoms with Crippen molar-refractivity contribution in [3.63, 3.8) is 0 Å². The Morgan fingerprint density at radius 1 is 1.14 bits per heavy atom. The Morgan fingerprint density at radius 3 is 2.62 bits per heavy atom. The molecule has 0 spiro atoms. The highest BCUT2D eigenvalue weighted by Gasteiger charge is 2.17. The van der Waals surface area contributed by atoms with Crippen LogP contribution in [-0.4, -0.2) is 14.3 Å². The minimum atomic E-state index is -3.88. The summed E-state index contributed by atoms with van der Waals surface area (Å²) in [7, 11) is -3.88. The molecule has 0 aliphatic heterocycles. The molecule has 3 rings (SSSR count). The van der Waals surface area contributed by atoms with Gasteiger partial charge in [-0.3, -0.25) is 4.79 Å². The molecule has 108 valence electrons. The number of hydrogen-bond acceptors (Lipinski definition) is 5. The number of carbonyl (C=O) groups is 1. The maximum Gasteiger partial charge on any atom is 0.265 e. The molecule has 8 heteroatoms. The number of thiophene rings is 2. The molecule has 0 fully saturated rings. The third kappa shape index (κ3) is 2.84. The molecule has 21 heavy (non-hydrogen) atoms. The number of nitrogens with two attached hydrogens (primary N) is 1. The van der Waals surface area contributed by atoms with Gasteiger partial charge in [0.25, 0.3) is 5.91 Å². The molecule has 0 saturated carbocycles. The first-order valence-corrected chi connectivity index (χ1v) is 9.09. The standard InChI is InChI=1S/C13H10N2O3S3/c14-21(17,18)12-4-2-1-3-8(12)15-13(16)11-7-10-9(20-11)5-6-19-10/h1-7H,(H,15,16)(H2,14,17,18). The molecule has 0 aliphatic carbocycles. The first kappa shape index (κ1) is 14.2. The molecular weight excluding hydrogens is 328 g/mol. The van der Waals surface area contributed by atoms with E-state index in [-0.39, 0.29) is 16.5 Å². The lowest BCUT2D eigenvalue weighted by Crippen LogP contribution is -2.17. The topological polar surface area (TPSA) is 89.3 Å². The second-order valence-corrected chi connectivity index (χ2v) is 7.82. The number of para-hydroxylation sites is 1. The summed E-state index contributed by atoms with van der Waals surface area (Å²) in [4.78, 5) is 12.7. The molecule has 2 aromatic heterocycles. The van der Waals surface area contributed by atoms with Gasteiger partial charge in [0.15, 0.2) is 0 Å². The average molecular weight is 338 g/mol. The van der Waals surface area contributed by atoms with E-state index in [1.165, 1.54) is 23.5 Å². The van der Waals surface area contributed by atoms with E-state index >= 15 is 0 Å². The summed E-state index contributed by atoms with van der Waals surface area (Å²) in [6, 6.07) is 9.79. The van der Waals surface area contributed by atoms with Crippen LogP contribution in [0, 0.1) is 0 Å². The molecule has 0 bridgehead atoms. The summed E-state index contributed by atoms with van der Waals surface area (Å²) >= 11 is 2.92. The highest BCUT2D eigenvalue weighted by atomic mass is 32.2. The number of hydrogen-bond donors (Lipinski definition) is 2. The van der Waals surface area contributed by atoms with Gasteiger partial charge >= 0.3 is 0 Å². The van der Waals surface area contributed by atoms with Gasteiger partial charge in [-0.25, -0.2) is 13.6 Å². The second-order valence-electron chi connectivity index (χ2n) is 4.26. The number of primary sulfonamides is 1. The van der Waals surface area contributed by atoms with E-state index in [0.717, 1.165) is 9.40 Å². The molecule has 0 radical (unpaired) electrons. The first-order valence-electron chi connectivity index (χ1n) is 5.85. The maximum absolute atomic E-state index is 12.2. The molecule has 0 unspecified atom stereocenters. The highest BCUT2D eigenvalue weighted by molar-refractivity contribution is 7.89. The molecule has 3 N–H and O–H groups in total. The van der Waals surface area contributed by atoms with Crippen molar-refractivity contribution in [2.75, 3.05) is 5.32 Å². The van der Waals surface area contributed by atoms with Crippen LogP contribution >= 0.6 is 22.7 Å². The number of sulfonamides is 1. The summed E-state index contributed by atoms with van der Waals surface area (Å²) in [5.41, 5.74) is 0.182. The Labute approximate surface area is 129 Å². The zero-order valence-corrected chi connectivity index (χ0v) is 13.0. The van der Waals surface area contributed by atoms with E-state index in [9.17, 15) is 13.2 Å². The predicted octanol–water partition coefficient (Wildman–Crippen LogP) is 2.86. The lowest BCUT2D eigenvalue weighted by Gasteiger charge is -2.08. The van der Waals surface area contributed by atoms with E-state index < -0.39 is 10.0 Å². The summed E-state index contributed by atoms with van der Waals surface area (Å²) < 4.78 is 25.1. The van der Waals surface area contributed by atoms with E-state index in [2.05, 4.69) is 5.32 Å². The number of nitrogens with one attached hydrogen (secondary N) is 1. The largest absolute Gasteiger partial charge is 0.320 e. The van der Waals surface area contributed by atoms with Crippen LogP contribution in [0.25, 0.3) is 9.40 Å². The Bertz CT molecular complexity index is 896. The van der Waals surface area contributed by atoms with Crippen molar-refractivity contribution in [3.05, 3.63) is 46.7 Å². The predicted molar refractivity (Wildman–Crippen MR) is 85.5 cm³/mol. The number of benzene rings is 1. The normalized spacial score (nSPS) is 11.7. The Morgan fingerprint density at radius 2 is 1.90 bits per heavy atom. The van der Waals surface area contributed by atoms with Crippen molar-refractivity contribution in [1.29, 1.82) is 0 Å². The zero-order valence-electron chi connectivity index (χ0n) is 10.6. The highest BCUT2D eigenvalue weighted by Crippen LogP contribution is 2.30. The summed E-state index contributed by atoms with van der Waals surface area (Å²) in [6.07, 6.45) is 0. The minimum absolute atomic E-state index is 0.100. The van der Waals surface area contributed by atoms with Crippen LogP contribution in [-0.2, 0) is 10.0 Å². The molecular formula is C13H10N2O3S3. The van der Waals surface area contributed by atoms with Gasteiger partial charge in [0.05, 0.1) is 10.6 Å². The molecule has 2 heterocycles. The van der Waals surface area contributed by atoms with Gasteiger partial charge in [-0.15, -0.1) is 22.7 Å². The van der Waals surface area contributed by atoms with E-state index in [1.54, 1.807) is 29.5 Å². The van der Waals surface area contributed by atoms with Crippen molar-refractivity contribution < 1.29 is 13.2 Å². The van der Waals surface area contributed by atoms with Crippen LogP contribution in [0.3, 0.4) is 0 Å². The lowest BCUT2D eigenvalue weighted by molar-refractivity contribution is 0.103. The third-order valence-electron chi connectivity index (χ3n) is 2.80. The summed E-state index contributed by atoms with van der Waals surface area (Å²) in [5.74, 6) is -0.348. The van der Waals surface area contributed by atoms with Crippen LogP contribution < -0.4 is 10.5 Å². The SMILES string of the molecule is NS(=O)(=O)c1ccccc1NC(=O)c1cc2sccc2s1. The van der Waals surface area contributed by atoms with Gasteiger partial charge in [-0.2, -0.15) is 0 Å². The Hall–Kier alpha value is -1.74. The van der Waals surface area contributed by atoms with Gasteiger partial charge in [-0.1, -0.05) is 12.1 Å². The number of fused-ring (bicyclic) bond motifs is 1. The van der Waals surface area contributed by atoms with Crippen LogP contribution in [0.5, 0.6) is 0 Å². The van der Waals surface area contributed by atoms with Gasteiger partial charge in [0.2, 0.25) is 10.0 Å². The van der Waals surface area contributed by atoms with Gasteiger partial charge in [-0.05, 0) is 29.6 Å². The fourth-order valence-electron chi connectivity index (χ4n) is 1.88. The summed E-state index contributed by atoms with van der Waals surface area (Å²) in [6.45, 7) is 0. The monoisotopic (exact) mass is 338 g/mol. The van der Waals surface area contributed by atoms with Crippen LogP contribution in [0.15, 0.2) is 46.7 Å². The minimum Gasteiger partial charge on any atom is -0.320 e.